The molecule has 0 amide bonds. The normalized spacial score (nSPS) is 21.4. The van der Waals surface area contributed by atoms with E-state index in [2.05, 4.69) is 29.2 Å². The van der Waals surface area contributed by atoms with Gasteiger partial charge in [0.2, 0.25) is 0 Å². The van der Waals surface area contributed by atoms with Gasteiger partial charge in [0.1, 0.15) is 0 Å². The van der Waals surface area contributed by atoms with Crippen molar-refractivity contribution in [1.82, 2.24) is 4.90 Å². The van der Waals surface area contributed by atoms with Crippen LogP contribution in [0.2, 0.25) is 0 Å². The fourth-order valence-electron chi connectivity index (χ4n) is 2.87. The van der Waals surface area contributed by atoms with E-state index in [1.807, 2.05) is 18.2 Å². The Morgan fingerprint density at radius 3 is 2.55 bits per heavy atom. The molecule has 1 fully saturated rings. The third-order valence-corrected chi connectivity index (χ3v) is 3.84. The maximum absolute atomic E-state index is 9.36. The summed E-state index contributed by atoms with van der Waals surface area (Å²) < 4.78 is 5.42. The van der Waals surface area contributed by atoms with E-state index in [1.54, 1.807) is 0 Å². The lowest BCUT2D eigenvalue weighted by Crippen LogP contribution is -2.36. The van der Waals surface area contributed by atoms with E-state index in [9.17, 15) is 5.26 Å². The van der Waals surface area contributed by atoms with Gasteiger partial charge >= 0.3 is 0 Å². The maximum Gasteiger partial charge on any atom is 0.0969 e. The van der Waals surface area contributed by atoms with Crippen molar-refractivity contribution in [1.29, 1.82) is 5.26 Å². The van der Waals surface area contributed by atoms with Gasteiger partial charge in [0.15, 0.2) is 0 Å². The van der Waals surface area contributed by atoms with Crippen LogP contribution in [0.5, 0.6) is 0 Å². The molecule has 0 bridgehead atoms. The minimum atomic E-state index is 0.751. The SMILES string of the molecule is N#CC1=C(N2CCOCC2)/C(=C/c2ccccc2)CC1. The summed E-state index contributed by atoms with van der Waals surface area (Å²) in [7, 11) is 0. The molecule has 1 aliphatic heterocycles. The van der Waals surface area contributed by atoms with Gasteiger partial charge in [-0.2, -0.15) is 5.26 Å². The number of hydrogen-bond donors (Lipinski definition) is 0. The van der Waals surface area contributed by atoms with Gasteiger partial charge in [-0.15, -0.1) is 0 Å². The third-order valence-electron chi connectivity index (χ3n) is 3.84. The van der Waals surface area contributed by atoms with Gasteiger partial charge in [-0.05, 0) is 30.1 Å². The summed E-state index contributed by atoms with van der Waals surface area (Å²) in [6.45, 7) is 3.26. The van der Waals surface area contributed by atoms with E-state index >= 15 is 0 Å². The molecule has 0 N–H and O–H groups in total. The van der Waals surface area contributed by atoms with Crippen LogP contribution in [-0.4, -0.2) is 31.2 Å². The van der Waals surface area contributed by atoms with Gasteiger partial charge in [-0.1, -0.05) is 30.3 Å². The fourth-order valence-corrected chi connectivity index (χ4v) is 2.87. The molecule has 3 heteroatoms. The number of nitrogens with zero attached hydrogens (tertiary/aromatic N) is 2. The van der Waals surface area contributed by atoms with Crippen LogP contribution < -0.4 is 0 Å². The summed E-state index contributed by atoms with van der Waals surface area (Å²) in [4.78, 5) is 2.31. The summed E-state index contributed by atoms with van der Waals surface area (Å²) in [5, 5.41) is 9.36. The quantitative estimate of drug-likeness (QED) is 0.825. The van der Waals surface area contributed by atoms with Gasteiger partial charge in [0, 0.05) is 13.1 Å². The zero-order valence-electron chi connectivity index (χ0n) is 11.5. The van der Waals surface area contributed by atoms with Gasteiger partial charge in [0.05, 0.1) is 30.6 Å². The molecular weight excluding hydrogens is 248 g/mol. The van der Waals surface area contributed by atoms with Crippen molar-refractivity contribution in [3.63, 3.8) is 0 Å². The lowest BCUT2D eigenvalue weighted by molar-refractivity contribution is 0.0548. The Hall–Kier alpha value is -2.05. The second kappa shape index (κ2) is 5.94. The lowest BCUT2D eigenvalue weighted by atomic mass is 10.1. The highest BCUT2D eigenvalue weighted by atomic mass is 16.5. The molecule has 0 spiro atoms. The molecule has 2 aliphatic rings. The number of hydrogen-bond acceptors (Lipinski definition) is 3. The summed E-state index contributed by atoms with van der Waals surface area (Å²) in [6.07, 6.45) is 4.04. The molecule has 1 saturated heterocycles. The zero-order chi connectivity index (χ0) is 13.8. The van der Waals surface area contributed by atoms with Gasteiger partial charge in [-0.25, -0.2) is 0 Å². The van der Waals surface area contributed by atoms with Crippen molar-refractivity contribution in [2.24, 2.45) is 0 Å². The van der Waals surface area contributed by atoms with Crippen LogP contribution in [0.15, 0.2) is 47.2 Å². The van der Waals surface area contributed by atoms with Crippen molar-refractivity contribution < 1.29 is 4.74 Å². The first-order valence-corrected chi connectivity index (χ1v) is 7.10. The Balaban J connectivity index is 1.93. The lowest BCUT2D eigenvalue weighted by Gasteiger charge is -2.31. The first kappa shape index (κ1) is 13.0. The Morgan fingerprint density at radius 1 is 1.10 bits per heavy atom. The van der Waals surface area contributed by atoms with Crippen molar-refractivity contribution >= 4 is 6.08 Å². The van der Waals surface area contributed by atoms with E-state index in [0.717, 1.165) is 50.4 Å². The summed E-state index contributed by atoms with van der Waals surface area (Å²) in [5.41, 5.74) is 4.57. The molecule has 0 atom stereocenters. The Labute approximate surface area is 119 Å². The van der Waals surface area contributed by atoms with Crippen LogP contribution in [0.1, 0.15) is 18.4 Å². The fraction of sp³-hybridized carbons (Fsp3) is 0.353. The highest BCUT2D eigenvalue weighted by Gasteiger charge is 2.25. The molecule has 0 saturated carbocycles. The molecule has 0 unspecified atom stereocenters. The zero-order valence-corrected chi connectivity index (χ0v) is 11.5. The largest absolute Gasteiger partial charge is 0.378 e. The van der Waals surface area contributed by atoms with Gasteiger partial charge in [-0.3, -0.25) is 0 Å². The molecule has 1 heterocycles. The molecule has 0 radical (unpaired) electrons. The molecule has 1 aromatic rings. The molecular formula is C17H18N2O. The first-order valence-electron chi connectivity index (χ1n) is 7.10. The van der Waals surface area contributed by atoms with Crippen molar-refractivity contribution in [2.45, 2.75) is 12.8 Å². The smallest absolute Gasteiger partial charge is 0.0969 e. The number of rotatable bonds is 2. The highest BCUT2D eigenvalue weighted by molar-refractivity contribution is 5.62. The van der Waals surface area contributed by atoms with Crippen molar-refractivity contribution in [3.05, 3.63) is 52.7 Å². The summed E-state index contributed by atoms with van der Waals surface area (Å²) >= 11 is 0. The average molecular weight is 266 g/mol. The van der Waals surface area contributed by atoms with Crippen LogP contribution in [0, 0.1) is 11.3 Å². The molecule has 3 rings (SSSR count). The number of benzene rings is 1. The predicted molar refractivity (Wildman–Crippen MR) is 78.7 cm³/mol. The maximum atomic E-state index is 9.36. The minimum absolute atomic E-state index is 0.751. The van der Waals surface area contributed by atoms with Crippen LogP contribution in [0.25, 0.3) is 6.08 Å². The second-order valence-electron chi connectivity index (χ2n) is 5.12. The molecule has 3 nitrogen and oxygen atoms in total. The molecule has 1 aliphatic carbocycles. The first-order chi connectivity index (χ1) is 9.88. The van der Waals surface area contributed by atoms with E-state index in [1.165, 1.54) is 11.1 Å². The van der Waals surface area contributed by atoms with Gasteiger partial charge < -0.3 is 9.64 Å². The average Bonchev–Trinajstić information content (AvgIpc) is 2.92. The Morgan fingerprint density at radius 2 is 1.85 bits per heavy atom. The van der Waals surface area contributed by atoms with E-state index < -0.39 is 0 Å². The predicted octanol–water partition coefficient (Wildman–Crippen LogP) is 2.97. The minimum Gasteiger partial charge on any atom is -0.378 e. The van der Waals surface area contributed by atoms with E-state index in [-0.39, 0.29) is 0 Å². The van der Waals surface area contributed by atoms with Crippen LogP contribution >= 0.6 is 0 Å². The van der Waals surface area contributed by atoms with Crippen LogP contribution in [-0.2, 0) is 4.74 Å². The molecule has 102 valence electrons. The van der Waals surface area contributed by atoms with Crippen molar-refractivity contribution in [2.75, 3.05) is 26.3 Å². The number of allylic oxidation sites excluding steroid dienone is 2. The molecule has 1 aromatic carbocycles. The summed E-state index contributed by atoms with van der Waals surface area (Å²) in [5.74, 6) is 0. The second-order valence-corrected chi connectivity index (χ2v) is 5.12. The van der Waals surface area contributed by atoms with Crippen molar-refractivity contribution in [3.8, 4) is 6.07 Å². The highest BCUT2D eigenvalue weighted by Crippen LogP contribution is 2.35. The van der Waals surface area contributed by atoms with E-state index in [4.69, 9.17) is 4.74 Å². The van der Waals surface area contributed by atoms with Gasteiger partial charge in [0.25, 0.3) is 0 Å². The van der Waals surface area contributed by atoms with Crippen LogP contribution in [0.3, 0.4) is 0 Å². The summed E-state index contributed by atoms with van der Waals surface area (Å²) in [6, 6.07) is 12.7. The third kappa shape index (κ3) is 2.61. The standard InChI is InChI=1S/C17H18N2O/c18-13-16-7-6-15(12-14-4-2-1-3-5-14)17(16)19-8-10-20-11-9-19/h1-5,12H,6-11H2/b15-12+. The number of ether oxygens (including phenoxy) is 1. The van der Waals surface area contributed by atoms with E-state index in [0.29, 0.717) is 0 Å². The Bertz CT molecular complexity index is 575. The monoisotopic (exact) mass is 266 g/mol. The Kier molecular flexibility index (Phi) is 3.85. The number of nitriles is 1. The number of morpholine rings is 1. The molecule has 20 heavy (non-hydrogen) atoms. The topological polar surface area (TPSA) is 36.3 Å². The van der Waals surface area contributed by atoms with Crippen LogP contribution in [0.4, 0.5) is 0 Å². The molecule has 0 aromatic heterocycles.